The van der Waals surface area contributed by atoms with Gasteiger partial charge in [-0.25, -0.2) is 0 Å². The molecule has 19 heavy (non-hydrogen) atoms. The molecule has 1 atom stereocenters. The fourth-order valence-electron chi connectivity index (χ4n) is 2.10. The number of rotatable bonds is 5. The molecule has 1 amide bonds. The number of hydrogen-bond acceptors (Lipinski definition) is 2. The maximum absolute atomic E-state index is 12.1. The first-order valence-electron chi connectivity index (χ1n) is 6.98. The second-order valence-electron chi connectivity index (χ2n) is 6.06. The van der Waals surface area contributed by atoms with E-state index in [0.29, 0.717) is 13.0 Å². The average molecular weight is 262 g/mol. The first kappa shape index (κ1) is 15.7. The minimum atomic E-state index is 0.0158. The van der Waals surface area contributed by atoms with Crippen LogP contribution in [-0.4, -0.2) is 12.5 Å². The lowest BCUT2D eigenvalue weighted by atomic mass is 9.86. The van der Waals surface area contributed by atoms with E-state index in [4.69, 9.17) is 5.73 Å². The molecule has 0 aromatic heterocycles. The Hall–Kier alpha value is -1.35. The minimum absolute atomic E-state index is 0.0158. The van der Waals surface area contributed by atoms with Crippen molar-refractivity contribution in [3.05, 3.63) is 29.8 Å². The lowest BCUT2D eigenvalue weighted by Gasteiger charge is -2.23. The van der Waals surface area contributed by atoms with Crippen LogP contribution in [0.4, 0.5) is 5.69 Å². The summed E-state index contributed by atoms with van der Waals surface area (Å²) in [5, 5.41) is 3.02. The molecule has 1 unspecified atom stereocenters. The maximum atomic E-state index is 12.1. The van der Waals surface area contributed by atoms with Crippen LogP contribution in [0.5, 0.6) is 0 Å². The summed E-state index contributed by atoms with van der Waals surface area (Å²) in [6, 6.07) is 7.98. The summed E-state index contributed by atoms with van der Waals surface area (Å²) in [4.78, 5) is 12.1. The van der Waals surface area contributed by atoms with Crippen LogP contribution in [-0.2, 0) is 10.2 Å². The molecule has 0 aliphatic rings. The molecular formula is C16H26N2O. The molecule has 0 saturated heterocycles. The van der Waals surface area contributed by atoms with Crippen molar-refractivity contribution >= 4 is 11.6 Å². The third kappa shape index (κ3) is 4.67. The Bertz CT molecular complexity index is 417. The highest BCUT2D eigenvalue weighted by Crippen LogP contribution is 2.29. The van der Waals surface area contributed by atoms with E-state index in [2.05, 4.69) is 39.1 Å². The van der Waals surface area contributed by atoms with Gasteiger partial charge in [-0.2, -0.15) is 0 Å². The summed E-state index contributed by atoms with van der Waals surface area (Å²) in [6.45, 7) is 9.06. The molecule has 0 spiro atoms. The average Bonchev–Trinajstić information content (AvgIpc) is 2.35. The minimum Gasteiger partial charge on any atom is -0.330 e. The number of carbonyl (C=O) groups is 1. The summed E-state index contributed by atoms with van der Waals surface area (Å²) in [5.41, 5.74) is 7.73. The SMILES string of the molecule is CCC(CN)CC(=O)Nc1ccccc1C(C)(C)C. The summed E-state index contributed by atoms with van der Waals surface area (Å²) in [6.07, 6.45) is 1.43. The number of nitrogens with two attached hydrogens (primary N) is 1. The predicted octanol–water partition coefficient (Wildman–Crippen LogP) is 3.30. The highest BCUT2D eigenvalue weighted by molar-refractivity contribution is 5.91. The van der Waals surface area contributed by atoms with Gasteiger partial charge in [0.1, 0.15) is 0 Å². The van der Waals surface area contributed by atoms with Gasteiger partial charge in [0, 0.05) is 12.1 Å². The molecular weight excluding hydrogens is 236 g/mol. The lowest BCUT2D eigenvalue weighted by molar-refractivity contribution is -0.117. The van der Waals surface area contributed by atoms with E-state index in [0.717, 1.165) is 17.7 Å². The molecule has 106 valence electrons. The normalized spacial score (nSPS) is 13.1. The van der Waals surface area contributed by atoms with E-state index in [1.165, 1.54) is 0 Å². The van der Waals surface area contributed by atoms with Crippen molar-refractivity contribution in [3.63, 3.8) is 0 Å². The Morgan fingerprint density at radius 3 is 2.47 bits per heavy atom. The zero-order chi connectivity index (χ0) is 14.5. The number of benzene rings is 1. The van der Waals surface area contributed by atoms with Crippen LogP contribution in [0, 0.1) is 5.92 Å². The summed E-state index contributed by atoms with van der Waals surface area (Å²) >= 11 is 0. The fourth-order valence-corrected chi connectivity index (χ4v) is 2.10. The molecule has 1 rings (SSSR count). The Balaban J connectivity index is 2.80. The van der Waals surface area contributed by atoms with Crippen LogP contribution < -0.4 is 11.1 Å². The highest BCUT2D eigenvalue weighted by atomic mass is 16.1. The van der Waals surface area contributed by atoms with E-state index in [-0.39, 0.29) is 17.2 Å². The van der Waals surface area contributed by atoms with E-state index in [9.17, 15) is 4.79 Å². The van der Waals surface area contributed by atoms with Crippen LogP contribution in [0.3, 0.4) is 0 Å². The van der Waals surface area contributed by atoms with Crippen LogP contribution in [0.25, 0.3) is 0 Å². The van der Waals surface area contributed by atoms with E-state index >= 15 is 0 Å². The molecule has 1 aromatic rings. The first-order chi connectivity index (χ1) is 8.88. The lowest BCUT2D eigenvalue weighted by Crippen LogP contribution is -2.23. The van der Waals surface area contributed by atoms with Crippen molar-refractivity contribution in [1.82, 2.24) is 0 Å². The Morgan fingerprint density at radius 2 is 1.95 bits per heavy atom. The topological polar surface area (TPSA) is 55.1 Å². The number of anilines is 1. The molecule has 0 saturated carbocycles. The number of para-hydroxylation sites is 1. The van der Waals surface area contributed by atoms with Gasteiger partial charge < -0.3 is 11.1 Å². The van der Waals surface area contributed by atoms with E-state index in [1.807, 2.05) is 18.2 Å². The van der Waals surface area contributed by atoms with Crippen molar-refractivity contribution in [3.8, 4) is 0 Å². The van der Waals surface area contributed by atoms with Crippen LogP contribution in [0.2, 0.25) is 0 Å². The highest BCUT2D eigenvalue weighted by Gasteiger charge is 2.19. The van der Waals surface area contributed by atoms with E-state index in [1.54, 1.807) is 0 Å². The van der Waals surface area contributed by atoms with Gasteiger partial charge in [0.15, 0.2) is 0 Å². The van der Waals surface area contributed by atoms with Gasteiger partial charge in [0.05, 0.1) is 0 Å². The summed E-state index contributed by atoms with van der Waals surface area (Å²) < 4.78 is 0. The van der Waals surface area contributed by atoms with Crippen molar-refractivity contribution in [2.24, 2.45) is 11.7 Å². The molecule has 0 aliphatic carbocycles. The second kappa shape index (κ2) is 6.71. The van der Waals surface area contributed by atoms with Crippen LogP contribution in [0.15, 0.2) is 24.3 Å². The largest absolute Gasteiger partial charge is 0.330 e. The molecule has 1 aromatic carbocycles. The smallest absolute Gasteiger partial charge is 0.224 e. The van der Waals surface area contributed by atoms with Crippen molar-refractivity contribution in [2.45, 2.75) is 46.0 Å². The molecule has 0 fully saturated rings. The van der Waals surface area contributed by atoms with E-state index < -0.39 is 0 Å². The van der Waals surface area contributed by atoms with Gasteiger partial charge in [-0.15, -0.1) is 0 Å². The molecule has 3 N–H and O–H groups in total. The quantitative estimate of drug-likeness (QED) is 0.855. The molecule has 3 heteroatoms. The van der Waals surface area contributed by atoms with Crippen molar-refractivity contribution in [1.29, 1.82) is 0 Å². The number of hydrogen-bond donors (Lipinski definition) is 2. The molecule has 0 aliphatic heterocycles. The zero-order valence-corrected chi connectivity index (χ0v) is 12.5. The monoisotopic (exact) mass is 262 g/mol. The predicted molar refractivity (Wildman–Crippen MR) is 81.2 cm³/mol. The summed E-state index contributed by atoms with van der Waals surface area (Å²) in [5.74, 6) is 0.316. The molecule has 3 nitrogen and oxygen atoms in total. The van der Waals surface area contributed by atoms with Gasteiger partial charge in [-0.1, -0.05) is 52.3 Å². The fraction of sp³-hybridized carbons (Fsp3) is 0.562. The maximum Gasteiger partial charge on any atom is 0.224 e. The molecule has 0 bridgehead atoms. The Kier molecular flexibility index (Phi) is 5.55. The van der Waals surface area contributed by atoms with Crippen LogP contribution in [0.1, 0.15) is 46.1 Å². The summed E-state index contributed by atoms with van der Waals surface area (Å²) in [7, 11) is 0. The van der Waals surface area contributed by atoms with Crippen LogP contribution >= 0.6 is 0 Å². The number of amides is 1. The van der Waals surface area contributed by atoms with Crippen molar-refractivity contribution < 1.29 is 4.79 Å². The Morgan fingerprint density at radius 1 is 1.32 bits per heavy atom. The Labute approximate surface area is 116 Å². The molecule has 0 heterocycles. The third-order valence-electron chi connectivity index (χ3n) is 3.39. The van der Waals surface area contributed by atoms with Gasteiger partial charge in [0.2, 0.25) is 5.91 Å². The van der Waals surface area contributed by atoms with Gasteiger partial charge >= 0.3 is 0 Å². The standard InChI is InChI=1S/C16H26N2O/c1-5-12(11-17)10-15(19)18-14-9-7-6-8-13(14)16(2,3)4/h6-9,12H,5,10-11,17H2,1-4H3,(H,18,19). The third-order valence-corrected chi connectivity index (χ3v) is 3.39. The van der Waals surface area contributed by atoms with Crippen molar-refractivity contribution in [2.75, 3.05) is 11.9 Å². The number of nitrogens with one attached hydrogen (secondary N) is 1. The zero-order valence-electron chi connectivity index (χ0n) is 12.5. The van der Waals surface area contributed by atoms with Gasteiger partial charge in [-0.05, 0) is 29.5 Å². The first-order valence-corrected chi connectivity index (χ1v) is 6.98. The molecule has 0 radical (unpaired) electrons. The van der Waals surface area contributed by atoms with Gasteiger partial charge in [-0.3, -0.25) is 4.79 Å². The second-order valence-corrected chi connectivity index (χ2v) is 6.06. The number of carbonyl (C=O) groups excluding carboxylic acids is 1. The van der Waals surface area contributed by atoms with Gasteiger partial charge in [0.25, 0.3) is 0 Å².